The molecule has 8 nitrogen and oxygen atoms in total. The van der Waals surface area contributed by atoms with Gasteiger partial charge in [-0.15, -0.1) is 0 Å². The molecule has 0 fully saturated rings. The molecule has 0 aliphatic carbocycles. The molecule has 1 aliphatic rings. The molecule has 0 bridgehead atoms. The minimum atomic E-state index is -4.04. The summed E-state index contributed by atoms with van der Waals surface area (Å²) in [6, 6.07) is 19.3. The van der Waals surface area contributed by atoms with Gasteiger partial charge in [0.25, 0.3) is 10.0 Å². The van der Waals surface area contributed by atoms with E-state index in [0.29, 0.717) is 27.7 Å². The van der Waals surface area contributed by atoms with Crippen LogP contribution in [0, 0.1) is 0 Å². The number of sulfonamides is 2. The molecule has 0 aromatic heterocycles. The van der Waals surface area contributed by atoms with Crippen LogP contribution >= 0.6 is 11.6 Å². The molecule has 1 N–H and O–H groups in total. The third-order valence-corrected chi connectivity index (χ3v) is 8.78. The average molecular weight is 534 g/mol. The van der Waals surface area contributed by atoms with Gasteiger partial charge in [0, 0.05) is 17.1 Å². The highest BCUT2D eigenvalue weighted by atomic mass is 35.5. The van der Waals surface area contributed by atoms with Crippen LogP contribution < -0.4 is 9.46 Å². The Morgan fingerprint density at radius 2 is 1.74 bits per heavy atom. The summed E-state index contributed by atoms with van der Waals surface area (Å²) in [6.45, 7) is 1.55. The van der Waals surface area contributed by atoms with Crippen LogP contribution in [0.15, 0.2) is 82.8 Å². The van der Waals surface area contributed by atoms with Gasteiger partial charge in [0.1, 0.15) is 5.75 Å². The fourth-order valence-electron chi connectivity index (χ4n) is 3.71. The van der Waals surface area contributed by atoms with Crippen molar-refractivity contribution in [3.05, 3.63) is 88.9 Å². The highest BCUT2D eigenvalue weighted by molar-refractivity contribution is 7.92. The van der Waals surface area contributed by atoms with Gasteiger partial charge in [0.15, 0.2) is 0 Å². The number of nitrogens with one attached hydrogen (secondary N) is 1. The molecule has 11 heteroatoms. The molecule has 0 saturated carbocycles. The number of rotatable bonds is 8. The highest BCUT2D eigenvalue weighted by Crippen LogP contribution is 2.38. The topological polar surface area (TPSA) is 105 Å². The van der Waals surface area contributed by atoms with E-state index in [9.17, 15) is 16.8 Å². The number of anilines is 1. The molecule has 184 valence electrons. The first-order chi connectivity index (χ1) is 16.6. The van der Waals surface area contributed by atoms with E-state index in [-0.39, 0.29) is 17.1 Å². The lowest BCUT2D eigenvalue weighted by atomic mass is 9.99. The number of hydrazone groups is 1. The fraction of sp³-hybridized carbons (Fsp3) is 0.208. The first-order valence-corrected chi connectivity index (χ1v) is 14.2. The second-order valence-corrected chi connectivity index (χ2v) is 12.1. The summed E-state index contributed by atoms with van der Waals surface area (Å²) >= 11 is 6.06. The fourth-order valence-corrected chi connectivity index (χ4v) is 6.07. The molecular weight excluding hydrogens is 510 g/mol. The minimum Gasteiger partial charge on any atom is -0.497 e. The molecule has 1 unspecified atom stereocenters. The van der Waals surface area contributed by atoms with Crippen molar-refractivity contribution in [3.8, 4) is 5.75 Å². The number of hydrogen-bond donors (Lipinski definition) is 1. The number of benzene rings is 3. The number of halogens is 1. The third-order valence-electron chi connectivity index (χ3n) is 5.56. The molecular formula is C24H24ClN3O5S2. The van der Waals surface area contributed by atoms with Crippen LogP contribution in [0.4, 0.5) is 5.69 Å². The number of methoxy groups -OCH3 is 1. The molecule has 3 aromatic rings. The van der Waals surface area contributed by atoms with Crippen molar-refractivity contribution in [2.24, 2.45) is 5.10 Å². The Morgan fingerprint density at radius 1 is 1.03 bits per heavy atom. The number of hydrogen-bond acceptors (Lipinski definition) is 6. The number of nitrogens with zero attached hydrogens (tertiary/aromatic N) is 2. The Kier molecular flexibility index (Phi) is 7.07. The number of ether oxygens (including phenoxy) is 1. The van der Waals surface area contributed by atoms with Gasteiger partial charge in [0.05, 0.1) is 29.5 Å². The van der Waals surface area contributed by atoms with Crippen LogP contribution in [0.1, 0.15) is 30.5 Å². The first-order valence-electron chi connectivity index (χ1n) is 10.8. The molecule has 1 aliphatic heterocycles. The molecule has 4 rings (SSSR count). The predicted molar refractivity (Wildman–Crippen MR) is 137 cm³/mol. The zero-order chi connectivity index (χ0) is 25.2. The largest absolute Gasteiger partial charge is 0.497 e. The zero-order valence-electron chi connectivity index (χ0n) is 19.0. The quantitative estimate of drug-likeness (QED) is 0.453. The van der Waals surface area contributed by atoms with Crippen LogP contribution in [0.3, 0.4) is 0 Å². The normalized spacial score (nSPS) is 16.1. The Bertz CT molecular complexity index is 1470. The lowest BCUT2D eigenvalue weighted by Crippen LogP contribution is -2.27. The second kappa shape index (κ2) is 9.88. The van der Waals surface area contributed by atoms with E-state index in [4.69, 9.17) is 16.3 Å². The van der Waals surface area contributed by atoms with E-state index < -0.39 is 26.1 Å². The van der Waals surface area contributed by atoms with E-state index in [0.717, 1.165) is 9.98 Å². The van der Waals surface area contributed by atoms with E-state index in [2.05, 4.69) is 9.82 Å². The Labute approximate surface area is 210 Å². The Hall–Kier alpha value is -3.08. The SMILES string of the molecule is CCS(=O)(=O)Nc1cccc(C2=NN(S(=O)(=O)c3cccc(Cl)c3)C(c3ccc(OC)cc3)C2)c1. The summed E-state index contributed by atoms with van der Waals surface area (Å²) in [6.07, 6.45) is 0.288. The van der Waals surface area contributed by atoms with Gasteiger partial charge in [-0.25, -0.2) is 8.42 Å². The van der Waals surface area contributed by atoms with Gasteiger partial charge in [-0.05, 0) is 60.5 Å². The van der Waals surface area contributed by atoms with E-state index >= 15 is 0 Å². The summed E-state index contributed by atoms with van der Waals surface area (Å²) in [5.41, 5.74) is 2.24. The Morgan fingerprint density at radius 3 is 2.40 bits per heavy atom. The summed E-state index contributed by atoms with van der Waals surface area (Å²) in [7, 11) is -5.95. The highest BCUT2D eigenvalue weighted by Gasteiger charge is 2.38. The summed E-state index contributed by atoms with van der Waals surface area (Å²) in [4.78, 5) is 0.0259. The maximum atomic E-state index is 13.6. The molecule has 0 spiro atoms. The molecule has 1 heterocycles. The standard InChI is InChI=1S/C24H24ClN3O5S2/c1-3-34(29,30)27-20-8-4-6-18(14-20)23-16-24(17-10-12-21(33-2)13-11-17)28(26-23)35(31,32)22-9-5-7-19(25)15-22/h4-15,24,27H,3,16H2,1-2H3. The van der Waals surface area contributed by atoms with E-state index in [1.54, 1.807) is 74.7 Å². The molecule has 1 atom stereocenters. The van der Waals surface area contributed by atoms with Crippen molar-refractivity contribution in [1.29, 1.82) is 0 Å². The lowest BCUT2D eigenvalue weighted by Gasteiger charge is -2.23. The van der Waals surface area contributed by atoms with Gasteiger partial charge >= 0.3 is 0 Å². The van der Waals surface area contributed by atoms with Crippen molar-refractivity contribution >= 4 is 43.0 Å². The summed E-state index contributed by atoms with van der Waals surface area (Å²) in [5.74, 6) is 0.580. The van der Waals surface area contributed by atoms with Gasteiger partial charge < -0.3 is 4.74 Å². The smallest absolute Gasteiger partial charge is 0.279 e. The second-order valence-electron chi connectivity index (χ2n) is 7.86. The van der Waals surface area contributed by atoms with Crippen molar-refractivity contribution in [3.63, 3.8) is 0 Å². The molecule has 0 radical (unpaired) electrons. The van der Waals surface area contributed by atoms with Gasteiger partial charge in [-0.1, -0.05) is 41.9 Å². The van der Waals surface area contributed by atoms with Crippen LogP contribution in [0.25, 0.3) is 0 Å². The van der Waals surface area contributed by atoms with Crippen LogP contribution in [-0.4, -0.2) is 39.8 Å². The van der Waals surface area contributed by atoms with Gasteiger partial charge in [-0.2, -0.15) is 17.9 Å². The molecule has 35 heavy (non-hydrogen) atoms. The minimum absolute atomic E-state index is 0.0259. The van der Waals surface area contributed by atoms with Crippen LogP contribution in [0.2, 0.25) is 5.02 Å². The van der Waals surface area contributed by atoms with Crippen LogP contribution in [0.5, 0.6) is 5.75 Å². The molecule has 0 saturated heterocycles. The van der Waals surface area contributed by atoms with Crippen molar-refractivity contribution in [2.75, 3.05) is 17.6 Å². The molecule has 0 amide bonds. The summed E-state index contributed by atoms with van der Waals surface area (Å²) in [5, 5.41) is 4.80. The average Bonchev–Trinajstić information content (AvgIpc) is 3.31. The van der Waals surface area contributed by atoms with Gasteiger partial charge in [0.2, 0.25) is 10.0 Å². The summed E-state index contributed by atoms with van der Waals surface area (Å²) < 4.78 is 60.1. The van der Waals surface area contributed by atoms with Gasteiger partial charge in [-0.3, -0.25) is 4.72 Å². The van der Waals surface area contributed by atoms with Crippen molar-refractivity contribution in [1.82, 2.24) is 4.41 Å². The van der Waals surface area contributed by atoms with Crippen molar-refractivity contribution < 1.29 is 21.6 Å². The van der Waals surface area contributed by atoms with Crippen molar-refractivity contribution in [2.45, 2.75) is 24.3 Å². The zero-order valence-corrected chi connectivity index (χ0v) is 21.4. The van der Waals surface area contributed by atoms with E-state index in [1.165, 1.54) is 12.1 Å². The molecule has 3 aromatic carbocycles. The first kappa shape index (κ1) is 25.0. The third kappa shape index (κ3) is 5.44. The maximum Gasteiger partial charge on any atom is 0.279 e. The Balaban J connectivity index is 1.77. The monoisotopic (exact) mass is 533 g/mol. The maximum absolute atomic E-state index is 13.6. The van der Waals surface area contributed by atoms with E-state index in [1.807, 2.05) is 0 Å². The van der Waals surface area contributed by atoms with Crippen LogP contribution in [-0.2, 0) is 20.0 Å². The predicted octanol–water partition coefficient (Wildman–Crippen LogP) is 4.65. The lowest BCUT2D eigenvalue weighted by molar-refractivity contribution is 0.370.